The van der Waals surface area contributed by atoms with Crippen LogP contribution in [0.25, 0.3) is 11.4 Å². The fourth-order valence-electron chi connectivity index (χ4n) is 4.76. The molecule has 0 unspecified atom stereocenters. The van der Waals surface area contributed by atoms with E-state index < -0.39 is 10.0 Å². The van der Waals surface area contributed by atoms with E-state index in [4.69, 9.17) is 37.2 Å². The number of carbonyl (C=O) groups excluding carboxylic acids is 1. The highest BCUT2D eigenvalue weighted by molar-refractivity contribution is 7.89. The van der Waals surface area contributed by atoms with Crippen LogP contribution in [0.15, 0.2) is 45.8 Å². The summed E-state index contributed by atoms with van der Waals surface area (Å²) < 4.78 is 43.7. The Bertz CT molecular complexity index is 1470. The van der Waals surface area contributed by atoms with Gasteiger partial charge in [-0.3, -0.25) is 9.69 Å². The summed E-state index contributed by atoms with van der Waals surface area (Å²) in [6.45, 7) is 3.02. The molecule has 3 heterocycles. The number of nitrogens with one attached hydrogen (secondary N) is 1. The number of nitrogens with zero attached hydrogens (tertiary/aromatic N) is 4. The van der Waals surface area contributed by atoms with Crippen LogP contribution < -0.4 is 10.1 Å². The minimum absolute atomic E-state index is 0.0964. The molecule has 2 aliphatic rings. The number of aromatic nitrogens is 2. The molecule has 0 bridgehead atoms. The minimum atomic E-state index is -3.72. The molecule has 0 spiro atoms. The van der Waals surface area contributed by atoms with E-state index >= 15 is 0 Å². The third-order valence-electron chi connectivity index (χ3n) is 6.99. The molecular weight excluding hydrogens is 581 g/mol. The standard InChI is InChI=1S/C26H29Cl2N5O6S/c1-37-23-5-3-19(40(35,36)33-10-12-38-13-11-33)15-22(23)29-26(34)17-6-8-32(9-7-17)16-24-30-25(31-39-24)20-4-2-18(27)14-21(20)28/h2-5,14-15,17H,6-13,16H2,1H3,(H,29,34). The normalized spacial score (nSPS) is 17.6. The molecule has 0 atom stereocenters. The van der Waals surface area contributed by atoms with E-state index in [1.807, 2.05) is 0 Å². The number of anilines is 1. The topological polar surface area (TPSA) is 127 Å². The number of sulfonamides is 1. The average Bonchev–Trinajstić information content (AvgIpc) is 3.41. The van der Waals surface area contributed by atoms with Crippen molar-refractivity contribution in [2.75, 3.05) is 51.8 Å². The van der Waals surface area contributed by atoms with E-state index in [0.717, 1.165) is 0 Å². The molecule has 5 rings (SSSR count). The van der Waals surface area contributed by atoms with Crippen LogP contribution in [0.3, 0.4) is 0 Å². The molecule has 2 fully saturated rings. The lowest BCUT2D eigenvalue weighted by Crippen LogP contribution is -2.40. The Morgan fingerprint density at radius 1 is 1.10 bits per heavy atom. The SMILES string of the molecule is COc1ccc(S(=O)(=O)N2CCOCC2)cc1NC(=O)C1CCN(Cc2nc(-c3ccc(Cl)cc3Cl)no2)CC1. The molecule has 214 valence electrons. The zero-order valence-corrected chi connectivity index (χ0v) is 24.1. The third-order valence-corrected chi connectivity index (χ3v) is 9.44. The van der Waals surface area contributed by atoms with Crippen molar-refractivity contribution in [3.05, 3.63) is 52.3 Å². The predicted molar refractivity (Wildman–Crippen MR) is 149 cm³/mol. The zero-order valence-electron chi connectivity index (χ0n) is 21.8. The van der Waals surface area contributed by atoms with Gasteiger partial charge in [-0.1, -0.05) is 28.4 Å². The van der Waals surface area contributed by atoms with Gasteiger partial charge in [0.2, 0.25) is 27.6 Å². The number of likely N-dealkylation sites (tertiary alicyclic amines) is 1. The molecule has 1 aromatic heterocycles. The van der Waals surface area contributed by atoms with Gasteiger partial charge in [-0.25, -0.2) is 8.42 Å². The van der Waals surface area contributed by atoms with Crippen molar-refractivity contribution in [1.82, 2.24) is 19.3 Å². The molecule has 1 amide bonds. The van der Waals surface area contributed by atoms with Crippen LogP contribution in [0.2, 0.25) is 10.0 Å². The fraction of sp³-hybridized carbons (Fsp3) is 0.423. The summed E-state index contributed by atoms with van der Waals surface area (Å²) in [6, 6.07) is 9.58. The quantitative estimate of drug-likeness (QED) is 0.404. The first kappa shape index (κ1) is 28.8. The highest BCUT2D eigenvalue weighted by Gasteiger charge is 2.29. The van der Waals surface area contributed by atoms with Crippen molar-refractivity contribution < 1.29 is 27.2 Å². The van der Waals surface area contributed by atoms with Gasteiger partial charge in [-0.15, -0.1) is 0 Å². The number of amides is 1. The number of ether oxygens (including phenoxy) is 2. The highest BCUT2D eigenvalue weighted by atomic mass is 35.5. The van der Waals surface area contributed by atoms with Gasteiger partial charge in [-0.05, 0) is 62.3 Å². The molecule has 2 saturated heterocycles. The fourth-order valence-corrected chi connectivity index (χ4v) is 6.69. The maximum absolute atomic E-state index is 13.2. The molecule has 2 aliphatic heterocycles. The third kappa shape index (κ3) is 6.42. The van der Waals surface area contributed by atoms with Crippen molar-refractivity contribution in [2.24, 2.45) is 5.92 Å². The predicted octanol–water partition coefficient (Wildman–Crippen LogP) is 3.92. The van der Waals surface area contributed by atoms with Crippen LogP contribution in [0.5, 0.6) is 5.75 Å². The van der Waals surface area contributed by atoms with Crippen molar-refractivity contribution in [3.8, 4) is 17.1 Å². The molecule has 0 saturated carbocycles. The summed E-state index contributed by atoms with van der Waals surface area (Å²) in [5.74, 6) is 0.798. The van der Waals surface area contributed by atoms with E-state index in [-0.39, 0.29) is 29.8 Å². The molecule has 2 aromatic carbocycles. The van der Waals surface area contributed by atoms with Gasteiger partial charge in [-0.2, -0.15) is 9.29 Å². The van der Waals surface area contributed by atoms with Gasteiger partial charge in [0.1, 0.15) is 5.75 Å². The number of rotatable bonds is 8. The zero-order chi connectivity index (χ0) is 28.3. The largest absolute Gasteiger partial charge is 0.495 e. The Labute approximate surface area is 242 Å². The van der Waals surface area contributed by atoms with E-state index in [1.54, 1.807) is 24.3 Å². The van der Waals surface area contributed by atoms with Crippen molar-refractivity contribution in [2.45, 2.75) is 24.3 Å². The molecule has 0 aliphatic carbocycles. The summed E-state index contributed by atoms with van der Waals surface area (Å²) in [7, 11) is -2.25. The van der Waals surface area contributed by atoms with E-state index in [0.29, 0.717) is 84.5 Å². The van der Waals surface area contributed by atoms with Crippen LogP contribution >= 0.6 is 23.2 Å². The van der Waals surface area contributed by atoms with Crippen LogP contribution in [0.4, 0.5) is 5.69 Å². The van der Waals surface area contributed by atoms with E-state index in [2.05, 4.69) is 20.4 Å². The van der Waals surface area contributed by atoms with E-state index in [9.17, 15) is 13.2 Å². The summed E-state index contributed by atoms with van der Waals surface area (Å²) in [4.78, 5) is 19.8. The lowest BCUT2D eigenvalue weighted by Gasteiger charge is -2.30. The monoisotopic (exact) mass is 609 g/mol. The number of benzene rings is 2. The Balaban J connectivity index is 1.19. The number of carbonyl (C=O) groups is 1. The summed E-state index contributed by atoms with van der Waals surface area (Å²) in [5, 5.41) is 7.88. The van der Waals surface area contributed by atoms with Gasteiger partial charge in [0.25, 0.3) is 0 Å². The molecule has 1 N–H and O–H groups in total. The molecule has 14 heteroatoms. The maximum atomic E-state index is 13.2. The van der Waals surface area contributed by atoms with Gasteiger partial charge in [0.15, 0.2) is 0 Å². The Hall–Kier alpha value is -2.74. The van der Waals surface area contributed by atoms with Crippen LogP contribution in [0.1, 0.15) is 18.7 Å². The first-order valence-corrected chi connectivity index (χ1v) is 15.0. The Morgan fingerprint density at radius 3 is 2.55 bits per heavy atom. The maximum Gasteiger partial charge on any atom is 0.243 e. The molecular formula is C26H29Cl2N5O6S. The van der Waals surface area contributed by atoms with Gasteiger partial charge in [0.05, 0.1) is 42.5 Å². The lowest BCUT2D eigenvalue weighted by molar-refractivity contribution is -0.121. The first-order valence-electron chi connectivity index (χ1n) is 12.8. The lowest BCUT2D eigenvalue weighted by atomic mass is 9.96. The second kappa shape index (κ2) is 12.4. The molecule has 3 aromatic rings. The number of methoxy groups -OCH3 is 1. The van der Waals surface area contributed by atoms with Crippen molar-refractivity contribution in [1.29, 1.82) is 0 Å². The second-order valence-corrected chi connectivity index (χ2v) is 12.3. The Morgan fingerprint density at radius 2 is 1.85 bits per heavy atom. The number of hydrogen-bond donors (Lipinski definition) is 1. The minimum Gasteiger partial charge on any atom is -0.495 e. The summed E-state index contributed by atoms with van der Waals surface area (Å²) in [5.41, 5.74) is 0.956. The van der Waals surface area contributed by atoms with E-state index in [1.165, 1.54) is 23.5 Å². The average molecular weight is 611 g/mol. The van der Waals surface area contributed by atoms with Crippen LogP contribution in [-0.2, 0) is 26.1 Å². The first-order chi connectivity index (χ1) is 19.2. The summed E-state index contributed by atoms with van der Waals surface area (Å²) >= 11 is 12.2. The van der Waals surface area contributed by atoms with Crippen molar-refractivity contribution in [3.63, 3.8) is 0 Å². The smallest absolute Gasteiger partial charge is 0.243 e. The van der Waals surface area contributed by atoms with Crippen molar-refractivity contribution >= 4 is 44.8 Å². The van der Waals surface area contributed by atoms with Crippen LogP contribution in [-0.4, -0.2) is 80.2 Å². The van der Waals surface area contributed by atoms with Gasteiger partial charge < -0.3 is 19.3 Å². The number of halogens is 2. The second-order valence-electron chi connectivity index (χ2n) is 9.55. The molecule has 0 radical (unpaired) electrons. The number of piperidine rings is 1. The Kier molecular flexibility index (Phi) is 8.93. The van der Waals surface area contributed by atoms with Crippen LogP contribution in [0, 0.1) is 5.92 Å². The summed E-state index contributed by atoms with van der Waals surface area (Å²) in [6.07, 6.45) is 1.23. The number of hydrogen-bond acceptors (Lipinski definition) is 9. The highest BCUT2D eigenvalue weighted by Crippen LogP contribution is 2.31. The van der Waals surface area contributed by atoms with Gasteiger partial charge in [0, 0.05) is 29.6 Å². The number of morpholine rings is 1. The van der Waals surface area contributed by atoms with Gasteiger partial charge >= 0.3 is 0 Å². The molecule has 11 nitrogen and oxygen atoms in total. The molecule has 40 heavy (non-hydrogen) atoms.